The van der Waals surface area contributed by atoms with Crippen molar-refractivity contribution in [3.63, 3.8) is 0 Å². The van der Waals surface area contributed by atoms with Gasteiger partial charge < -0.3 is 13.6 Å². The van der Waals surface area contributed by atoms with E-state index in [-0.39, 0.29) is 0 Å². The molecule has 0 saturated heterocycles. The van der Waals surface area contributed by atoms with E-state index in [1.807, 2.05) is 72.8 Å². The third-order valence-electron chi connectivity index (χ3n) is 4.74. The third-order valence-corrected chi connectivity index (χ3v) is 4.74. The molecule has 0 aliphatic heterocycles. The number of hydrogen-bond acceptors (Lipinski definition) is 5. The second-order valence-corrected chi connectivity index (χ2v) is 6.79. The van der Waals surface area contributed by atoms with Crippen LogP contribution in [0.2, 0.25) is 0 Å². The fourth-order valence-corrected chi connectivity index (χ4v) is 3.29. The number of aromatic nitrogens is 2. The molecule has 0 amide bonds. The highest BCUT2D eigenvalue weighted by Gasteiger charge is 2.13. The van der Waals surface area contributed by atoms with Crippen LogP contribution in [0.5, 0.6) is 5.75 Å². The molecule has 0 spiro atoms. The number of rotatable bonds is 5. The van der Waals surface area contributed by atoms with Crippen LogP contribution in [0.4, 0.5) is 0 Å². The van der Waals surface area contributed by atoms with Crippen molar-refractivity contribution >= 4 is 11.0 Å². The second kappa shape index (κ2) is 7.28. The normalized spacial score (nSPS) is 11.1. The van der Waals surface area contributed by atoms with Crippen LogP contribution in [-0.4, -0.2) is 10.2 Å². The lowest BCUT2D eigenvalue weighted by molar-refractivity contribution is 0.306. The first-order valence-corrected chi connectivity index (χ1v) is 9.35. The number of aryl methyl sites for hydroxylation is 1. The van der Waals surface area contributed by atoms with E-state index in [9.17, 15) is 0 Å². The summed E-state index contributed by atoms with van der Waals surface area (Å²) in [5.41, 5.74) is 4.80. The summed E-state index contributed by atoms with van der Waals surface area (Å²) in [6.45, 7) is 2.30. The van der Waals surface area contributed by atoms with Crippen LogP contribution < -0.4 is 4.74 Å². The molecule has 0 atom stereocenters. The number of hydrogen-bond donors (Lipinski definition) is 0. The van der Waals surface area contributed by atoms with Gasteiger partial charge in [0.1, 0.15) is 17.9 Å². The fourth-order valence-electron chi connectivity index (χ4n) is 3.29. The molecule has 3 aromatic carbocycles. The Hall–Kier alpha value is -3.86. The minimum absolute atomic E-state index is 0.497. The molecular weight excluding hydrogens is 364 g/mol. The number of nitrogens with zero attached hydrogens (tertiary/aromatic N) is 2. The molecule has 2 heterocycles. The first-order chi connectivity index (χ1) is 14.3. The number of ether oxygens (including phenoxy) is 1. The summed E-state index contributed by atoms with van der Waals surface area (Å²) in [6.07, 6.45) is 1.77. The van der Waals surface area contributed by atoms with Crippen LogP contribution in [0.15, 0.2) is 87.9 Å². The predicted molar refractivity (Wildman–Crippen MR) is 110 cm³/mol. The zero-order chi connectivity index (χ0) is 19.6. The van der Waals surface area contributed by atoms with Crippen LogP contribution in [0, 0.1) is 6.92 Å². The third kappa shape index (κ3) is 3.50. The largest absolute Gasteiger partial charge is 0.489 e. The van der Waals surface area contributed by atoms with E-state index in [2.05, 4.69) is 10.2 Å². The maximum absolute atomic E-state index is 5.97. The molecule has 5 nitrogen and oxygen atoms in total. The Bertz CT molecular complexity index is 1270. The highest BCUT2D eigenvalue weighted by atomic mass is 16.5. The average molecular weight is 382 g/mol. The molecule has 0 fully saturated rings. The topological polar surface area (TPSA) is 61.3 Å². The van der Waals surface area contributed by atoms with E-state index < -0.39 is 0 Å². The van der Waals surface area contributed by atoms with Gasteiger partial charge in [0, 0.05) is 23.4 Å². The predicted octanol–water partition coefficient (Wildman–Crippen LogP) is 6.04. The Morgan fingerprint density at radius 2 is 1.76 bits per heavy atom. The smallest absolute Gasteiger partial charge is 0.247 e. The van der Waals surface area contributed by atoms with Crippen molar-refractivity contribution in [2.24, 2.45) is 0 Å². The minimum Gasteiger partial charge on any atom is -0.489 e. The molecular formula is C24H18N2O3. The summed E-state index contributed by atoms with van der Waals surface area (Å²) in [6, 6.07) is 24.0. The van der Waals surface area contributed by atoms with Crippen LogP contribution in [0.25, 0.3) is 33.6 Å². The quantitative estimate of drug-likeness (QED) is 0.371. The molecule has 0 aliphatic carbocycles. The van der Waals surface area contributed by atoms with Crippen molar-refractivity contribution in [2.75, 3.05) is 0 Å². The van der Waals surface area contributed by atoms with Crippen molar-refractivity contribution in [1.82, 2.24) is 10.2 Å². The summed E-state index contributed by atoms with van der Waals surface area (Å²) >= 11 is 0. The summed E-state index contributed by atoms with van der Waals surface area (Å²) in [7, 11) is 0. The van der Waals surface area contributed by atoms with Gasteiger partial charge in [0.2, 0.25) is 11.8 Å². The standard InChI is InChI=1S/C24H18N2O3/c1-16-25-26-24(29-16)19-10-11-23-21(13-19)22(15-28-23)18-8-5-9-20(12-18)27-14-17-6-3-2-4-7-17/h2-13,15H,14H2,1H3. The summed E-state index contributed by atoms with van der Waals surface area (Å²) in [4.78, 5) is 0. The first kappa shape index (κ1) is 17.3. The van der Waals surface area contributed by atoms with Gasteiger partial charge in [-0.25, -0.2) is 0 Å². The molecule has 5 aromatic rings. The number of fused-ring (bicyclic) bond motifs is 1. The molecule has 5 heteroatoms. The molecule has 0 unspecified atom stereocenters. The fraction of sp³-hybridized carbons (Fsp3) is 0.0833. The second-order valence-electron chi connectivity index (χ2n) is 6.79. The molecule has 0 N–H and O–H groups in total. The average Bonchev–Trinajstić information content (AvgIpc) is 3.39. The van der Waals surface area contributed by atoms with Crippen LogP contribution in [0.1, 0.15) is 11.5 Å². The number of furan rings is 1. The highest BCUT2D eigenvalue weighted by molar-refractivity contribution is 5.96. The van der Waals surface area contributed by atoms with Crippen molar-refractivity contribution in [2.45, 2.75) is 13.5 Å². The van der Waals surface area contributed by atoms with E-state index >= 15 is 0 Å². The van der Waals surface area contributed by atoms with Crippen LogP contribution in [0.3, 0.4) is 0 Å². The monoisotopic (exact) mass is 382 g/mol. The molecule has 5 rings (SSSR count). The van der Waals surface area contributed by atoms with Gasteiger partial charge in [0.25, 0.3) is 0 Å². The van der Waals surface area contributed by atoms with E-state index in [1.165, 1.54) is 0 Å². The summed E-state index contributed by atoms with van der Waals surface area (Å²) in [5.74, 6) is 1.84. The van der Waals surface area contributed by atoms with Crippen LogP contribution >= 0.6 is 0 Å². The zero-order valence-electron chi connectivity index (χ0n) is 15.8. The Morgan fingerprint density at radius 3 is 2.59 bits per heavy atom. The van der Waals surface area contributed by atoms with E-state index in [1.54, 1.807) is 13.2 Å². The maximum Gasteiger partial charge on any atom is 0.247 e. The van der Waals surface area contributed by atoms with Gasteiger partial charge >= 0.3 is 0 Å². The molecule has 142 valence electrons. The Morgan fingerprint density at radius 1 is 0.862 bits per heavy atom. The van der Waals surface area contributed by atoms with Crippen molar-refractivity contribution < 1.29 is 13.6 Å². The van der Waals surface area contributed by atoms with Crippen molar-refractivity contribution in [3.05, 3.63) is 90.5 Å². The molecule has 0 bridgehead atoms. The molecule has 0 radical (unpaired) electrons. The Balaban J connectivity index is 1.47. The number of benzene rings is 3. The molecule has 0 saturated carbocycles. The van der Waals surface area contributed by atoms with Gasteiger partial charge in [-0.3, -0.25) is 0 Å². The van der Waals surface area contributed by atoms with Gasteiger partial charge in [0.05, 0.1) is 6.26 Å². The van der Waals surface area contributed by atoms with E-state index in [0.717, 1.165) is 39.0 Å². The lowest BCUT2D eigenvalue weighted by Crippen LogP contribution is -1.94. The summed E-state index contributed by atoms with van der Waals surface area (Å²) in [5, 5.41) is 9.01. The molecule has 2 aromatic heterocycles. The highest BCUT2D eigenvalue weighted by Crippen LogP contribution is 2.34. The Labute approximate surface area is 167 Å². The van der Waals surface area contributed by atoms with Gasteiger partial charge in [-0.05, 0) is 41.5 Å². The SMILES string of the molecule is Cc1nnc(-c2ccc3occ(-c4cccc(OCc5ccccc5)c4)c3c2)o1. The zero-order valence-corrected chi connectivity index (χ0v) is 15.8. The lowest BCUT2D eigenvalue weighted by atomic mass is 10.0. The van der Waals surface area contributed by atoms with E-state index in [0.29, 0.717) is 18.4 Å². The maximum atomic E-state index is 5.97. The lowest BCUT2D eigenvalue weighted by Gasteiger charge is -2.08. The molecule has 0 aliphatic rings. The summed E-state index contributed by atoms with van der Waals surface area (Å²) < 4.78 is 17.3. The van der Waals surface area contributed by atoms with Gasteiger partial charge in [-0.1, -0.05) is 42.5 Å². The van der Waals surface area contributed by atoms with Gasteiger partial charge in [-0.15, -0.1) is 10.2 Å². The first-order valence-electron chi connectivity index (χ1n) is 9.35. The molecule has 29 heavy (non-hydrogen) atoms. The van der Waals surface area contributed by atoms with Crippen molar-refractivity contribution in [1.29, 1.82) is 0 Å². The Kier molecular flexibility index (Phi) is 4.33. The van der Waals surface area contributed by atoms with Gasteiger partial charge in [0.15, 0.2) is 0 Å². The van der Waals surface area contributed by atoms with Gasteiger partial charge in [-0.2, -0.15) is 0 Å². The van der Waals surface area contributed by atoms with E-state index in [4.69, 9.17) is 13.6 Å². The van der Waals surface area contributed by atoms with Crippen molar-refractivity contribution in [3.8, 4) is 28.3 Å². The van der Waals surface area contributed by atoms with Crippen LogP contribution in [-0.2, 0) is 6.61 Å². The minimum atomic E-state index is 0.497.